The van der Waals surface area contributed by atoms with Crippen LogP contribution in [0.1, 0.15) is 5.69 Å². The van der Waals surface area contributed by atoms with Crippen molar-refractivity contribution >= 4 is 43.1 Å². The van der Waals surface area contributed by atoms with E-state index in [1.54, 1.807) is 0 Å². The van der Waals surface area contributed by atoms with Crippen molar-refractivity contribution in [3.63, 3.8) is 0 Å². The van der Waals surface area contributed by atoms with E-state index < -0.39 is 21.7 Å². The number of fused-ring (bicyclic) bond motifs is 3. The molecule has 0 radical (unpaired) electrons. The molecule has 3 aromatic heterocycles. The third-order valence-corrected chi connectivity index (χ3v) is 5.71. The highest BCUT2D eigenvalue weighted by Crippen LogP contribution is 2.37. The Balaban J connectivity index is 1.84. The number of H-pyrrole nitrogens is 1. The van der Waals surface area contributed by atoms with Crippen LogP contribution in [0.3, 0.4) is 0 Å². The highest BCUT2D eigenvalue weighted by Gasteiger charge is 2.37. The summed E-state index contributed by atoms with van der Waals surface area (Å²) in [4.78, 5) is 4.48. The van der Waals surface area contributed by atoms with Crippen molar-refractivity contribution in [2.24, 2.45) is 0 Å². The molecular weight excluding hydrogens is 437 g/mol. The average Bonchev–Trinajstić information content (AvgIpc) is 3.32. The predicted molar refractivity (Wildman–Crippen MR) is 107 cm³/mol. The molecule has 3 heterocycles. The molecule has 31 heavy (non-hydrogen) atoms. The summed E-state index contributed by atoms with van der Waals surface area (Å²) in [6.45, 7) is 0.334. The number of hydrogen-bond acceptors (Lipinski definition) is 7. The van der Waals surface area contributed by atoms with Gasteiger partial charge in [0.15, 0.2) is 21.3 Å². The number of benzene rings is 1. The SMILES string of the molecule is COCCn1cc(Nc2nc3ccc(S(C)(=O)=O)cc3c3cn[nH]c23)c(C(F)(F)F)n1. The van der Waals surface area contributed by atoms with Crippen molar-refractivity contribution in [1.82, 2.24) is 25.0 Å². The van der Waals surface area contributed by atoms with Gasteiger partial charge in [0.1, 0.15) is 5.52 Å². The van der Waals surface area contributed by atoms with Crippen LogP contribution in [0, 0.1) is 0 Å². The van der Waals surface area contributed by atoms with Gasteiger partial charge in [0, 0.05) is 30.3 Å². The third kappa shape index (κ3) is 4.05. The minimum Gasteiger partial charge on any atom is -0.383 e. The maximum atomic E-state index is 13.5. The molecule has 0 aliphatic heterocycles. The lowest BCUT2D eigenvalue weighted by atomic mass is 10.1. The van der Waals surface area contributed by atoms with Gasteiger partial charge in [-0.1, -0.05) is 0 Å². The normalized spacial score (nSPS) is 12.7. The zero-order valence-corrected chi connectivity index (χ0v) is 17.2. The van der Waals surface area contributed by atoms with Crippen LogP contribution in [0.15, 0.2) is 35.5 Å². The molecule has 0 unspecified atom stereocenters. The van der Waals surface area contributed by atoms with Crippen molar-refractivity contribution in [2.75, 3.05) is 25.3 Å². The molecule has 9 nitrogen and oxygen atoms in total. The van der Waals surface area contributed by atoms with E-state index in [-0.39, 0.29) is 29.6 Å². The van der Waals surface area contributed by atoms with Gasteiger partial charge in [0.25, 0.3) is 0 Å². The van der Waals surface area contributed by atoms with Crippen LogP contribution in [0.5, 0.6) is 0 Å². The van der Waals surface area contributed by atoms with E-state index in [1.807, 2.05) is 0 Å². The van der Waals surface area contributed by atoms with Crippen molar-refractivity contribution in [2.45, 2.75) is 17.6 Å². The van der Waals surface area contributed by atoms with Gasteiger partial charge in [-0.2, -0.15) is 23.4 Å². The fourth-order valence-corrected chi connectivity index (χ4v) is 3.79. The standard InChI is InChI=1S/C18H17F3N6O3S/c1-30-6-5-27-9-14(16(26-27)18(19,20)21)24-17-15-12(8-22-25-15)11-7-10(31(2,28)29)3-4-13(11)23-17/h3-4,7-9H,5-6H2,1-2H3,(H,22,25)(H,23,24). The maximum absolute atomic E-state index is 13.5. The molecule has 164 valence electrons. The van der Waals surface area contributed by atoms with Crippen molar-refractivity contribution in [1.29, 1.82) is 0 Å². The molecular formula is C18H17F3N6O3S. The van der Waals surface area contributed by atoms with Crippen LogP contribution >= 0.6 is 0 Å². The first kappa shape index (κ1) is 21.1. The van der Waals surface area contributed by atoms with Crippen molar-refractivity contribution in [3.05, 3.63) is 36.3 Å². The van der Waals surface area contributed by atoms with E-state index in [4.69, 9.17) is 4.74 Å². The van der Waals surface area contributed by atoms with Crippen LogP contribution in [-0.2, 0) is 27.3 Å². The van der Waals surface area contributed by atoms with Gasteiger partial charge in [-0.15, -0.1) is 0 Å². The Morgan fingerprint density at radius 1 is 1.26 bits per heavy atom. The van der Waals surface area contributed by atoms with Crippen LogP contribution in [0.25, 0.3) is 21.8 Å². The first-order valence-electron chi connectivity index (χ1n) is 8.95. The topological polar surface area (TPSA) is 115 Å². The molecule has 13 heteroatoms. The Bertz CT molecular complexity index is 1380. The molecule has 0 fully saturated rings. The number of nitrogens with one attached hydrogen (secondary N) is 2. The number of halogens is 3. The molecule has 0 spiro atoms. The summed E-state index contributed by atoms with van der Waals surface area (Å²) in [6, 6.07) is 4.35. The number of alkyl halides is 3. The predicted octanol–water partition coefficient (Wildman–Crippen LogP) is 3.12. The fourth-order valence-electron chi connectivity index (χ4n) is 3.15. The van der Waals surface area contributed by atoms with Gasteiger partial charge in [-0.05, 0) is 18.2 Å². The van der Waals surface area contributed by atoms with Gasteiger partial charge in [-0.3, -0.25) is 9.78 Å². The first-order valence-corrected chi connectivity index (χ1v) is 10.8. The quantitative estimate of drug-likeness (QED) is 0.460. The fraction of sp³-hybridized carbons (Fsp3) is 0.278. The number of aromatic nitrogens is 5. The maximum Gasteiger partial charge on any atom is 0.437 e. The second-order valence-corrected chi connectivity index (χ2v) is 8.86. The minimum absolute atomic E-state index is 0.101. The summed E-state index contributed by atoms with van der Waals surface area (Å²) in [6.07, 6.45) is -0.912. The van der Waals surface area contributed by atoms with Gasteiger partial charge in [0.05, 0.1) is 35.4 Å². The number of methoxy groups -OCH3 is 1. The Hall–Kier alpha value is -3.19. The lowest BCUT2D eigenvalue weighted by molar-refractivity contribution is -0.140. The molecule has 0 aliphatic rings. The number of nitrogens with zero attached hydrogens (tertiary/aromatic N) is 4. The van der Waals surface area contributed by atoms with Crippen LogP contribution < -0.4 is 5.32 Å². The van der Waals surface area contributed by atoms with Crippen molar-refractivity contribution < 1.29 is 26.3 Å². The Morgan fingerprint density at radius 3 is 2.71 bits per heavy atom. The van der Waals surface area contributed by atoms with Crippen LogP contribution in [-0.4, -0.2) is 53.4 Å². The summed E-state index contributed by atoms with van der Waals surface area (Å²) < 4.78 is 70.3. The molecule has 0 atom stereocenters. The summed E-state index contributed by atoms with van der Waals surface area (Å²) in [5.41, 5.74) is -0.648. The Labute approximate surface area is 174 Å². The van der Waals surface area contributed by atoms with E-state index in [2.05, 4.69) is 25.6 Å². The Morgan fingerprint density at radius 2 is 2.03 bits per heavy atom. The molecule has 4 rings (SSSR count). The number of ether oxygens (including phenoxy) is 1. The lowest BCUT2D eigenvalue weighted by Gasteiger charge is -2.10. The van der Waals surface area contributed by atoms with Crippen LogP contribution in [0.2, 0.25) is 0 Å². The lowest BCUT2D eigenvalue weighted by Crippen LogP contribution is -2.11. The van der Waals surface area contributed by atoms with E-state index in [0.29, 0.717) is 21.8 Å². The van der Waals surface area contributed by atoms with Crippen molar-refractivity contribution in [3.8, 4) is 0 Å². The van der Waals surface area contributed by atoms with E-state index in [0.717, 1.165) is 10.9 Å². The average molecular weight is 454 g/mol. The Kier molecular flexibility index (Phi) is 5.09. The summed E-state index contributed by atoms with van der Waals surface area (Å²) in [7, 11) is -2.01. The van der Waals surface area contributed by atoms with Crippen LogP contribution in [0.4, 0.5) is 24.7 Å². The minimum atomic E-state index is -4.69. The number of sulfone groups is 1. The first-order chi connectivity index (χ1) is 14.6. The van der Waals surface area contributed by atoms with Gasteiger partial charge in [-0.25, -0.2) is 13.4 Å². The number of pyridine rings is 1. The number of aromatic amines is 1. The summed E-state index contributed by atoms with van der Waals surface area (Å²) in [5, 5.41) is 14.0. The molecule has 0 saturated carbocycles. The zero-order valence-electron chi connectivity index (χ0n) is 16.4. The molecule has 0 bridgehead atoms. The van der Waals surface area contributed by atoms with E-state index in [9.17, 15) is 21.6 Å². The second-order valence-electron chi connectivity index (χ2n) is 6.84. The molecule has 2 N–H and O–H groups in total. The highest BCUT2D eigenvalue weighted by atomic mass is 32.2. The zero-order chi connectivity index (χ0) is 22.4. The number of rotatable bonds is 6. The number of anilines is 2. The third-order valence-electron chi connectivity index (χ3n) is 4.60. The van der Waals surface area contributed by atoms with Gasteiger partial charge >= 0.3 is 6.18 Å². The van der Waals surface area contributed by atoms with Gasteiger partial charge in [0.2, 0.25) is 0 Å². The smallest absolute Gasteiger partial charge is 0.383 e. The molecule has 0 aliphatic carbocycles. The molecule has 0 amide bonds. The molecule has 4 aromatic rings. The number of hydrogen-bond donors (Lipinski definition) is 2. The second kappa shape index (κ2) is 7.50. The monoisotopic (exact) mass is 454 g/mol. The van der Waals surface area contributed by atoms with Gasteiger partial charge < -0.3 is 10.1 Å². The molecule has 0 saturated heterocycles. The van der Waals surface area contributed by atoms with E-state index >= 15 is 0 Å². The highest BCUT2D eigenvalue weighted by molar-refractivity contribution is 7.90. The largest absolute Gasteiger partial charge is 0.437 e. The summed E-state index contributed by atoms with van der Waals surface area (Å²) in [5.74, 6) is 0.101. The summed E-state index contributed by atoms with van der Waals surface area (Å²) >= 11 is 0. The molecule has 1 aromatic carbocycles. The van der Waals surface area contributed by atoms with E-state index in [1.165, 1.54) is 37.7 Å².